The van der Waals surface area contributed by atoms with Crippen molar-refractivity contribution >= 4 is 11.8 Å². The van der Waals surface area contributed by atoms with E-state index in [1.807, 2.05) is 41.5 Å². The Hall–Kier alpha value is -1.34. The Morgan fingerprint density at radius 2 is 0.738 bits per heavy atom. The van der Waals surface area contributed by atoms with Crippen LogP contribution in [0.3, 0.4) is 0 Å². The molecule has 0 spiro atoms. The Morgan fingerprint density at radius 1 is 0.369 bits per heavy atom. The van der Waals surface area contributed by atoms with Crippen LogP contribution in [0, 0.1) is 16.2 Å². The van der Waals surface area contributed by atoms with Crippen molar-refractivity contribution in [2.75, 3.05) is 72.4 Å². The molecule has 0 atom stereocenters. The van der Waals surface area contributed by atoms with E-state index in [4.69, 9.17) is 18.9 Å². The molecule has 5 N–H and O–H groups in total. The third-order valence-corrected chi connectivity index (χ3v) is 8.77. The first-order valence-electron chi connectivity index (χ1n) is 25.4. The number of nitrogens with one attached hydrogen (secondary N) is 5. The van der Waals surface area contributed by atoms with Gasteiger partial charge in [0, 0.05) is 61.3 Å². The van der Waals surface area contributed by atoms with Crippen LogP contribution in [-0.4, -0.2) is 112 Å². The number of unbranched alkanes of at least 4 members (excludes halogenated alkanes) is 2. The van der Waals surface area contributed by atoms with Crippen molar-refractivity contribution in [1.29, 1.82) is 0 Å². The third kappa shape index (κ3) is 74.4. The lowest BCUT2D eigenvalue weighted by molar-refractivity contribution is -0.128. The zero-order chi connectivity index (χ0) is 51.7. The molecular weight excluding hydrogens is 815 g/mol. The molecule has 0 unspecified atom stereocenters. The maximum Gasteiger partial charge on any atom is 0.225 e. The smallest absolute Gasteiger partial charge is 0.225 e. The molecule has 0 saturated heterocycles. The van der Waals surface area contributed by atoms with E-state index in [0.29, 0.717) is 50.2 Å². The van der Waals surface area contributed by atoms with Gasteiger partial charge in [-0.05, 0) is 166 Å². The molecule has 2 amide bonds. The van der Waals surface area contributed by atoms with Crippen molar-refractivity contribution in [2.24, 2.45) is 16.2 Å². The zero-order valence-corrected chi connectivity index (χ0v) is 48.1. The van der Waals surface area contributed by atoms with Gasteiger partial charge >= 0.3 is 0 Å². The Morgan fingerprint density at radius 3 is 1.15 bits per heavy atom. The largest absolute Gasteiger partial charge is 0.379 e. The van der Waals surface area contributed by atoms with E-state index in [0.717, 1.165) is 65.1 Å². The number of carbonyl (C=O) groups is 2. The van der Waals surface area contributed by atoms with Crippen molar-refractivity contribution in [2.45, 2.75) is 252 Å². The van der Waals surface area contributed by atoms with Crippen molar-refractivity contribution in [3.05, 3.63) is 0 Å². The molecule has 11 nitrogen and oxygen atoms in total. The van der Waals surface area contributed by atoms with Gasteiger partial charge in [0.1, 0.15) is 0 Å². The van der Waals surface area contributed by atoms with E-state index in [1.54, 1.807) is 0 Å². The quantitative estimate of drug-likeness (QED) is 0.0568. The van der Waals surface area contributed by atoms with Crippen LogP contribution >= 0.6 is 0 Å². The summed E-state index contributed by atoms with van der Waals surface area (Å²) in [5.74, 6) is 0.170. The van der Waals surface area contributed by atoms with Crippen LogP contribution in [0.5, 0.6) is 0 Å². The average molecular weight is 933 g/mol. The van der Waals surface area contributed by atoms with E-state index in [1.165, 1.54) is 25.7 Å². The molecule has 0 aromatic heterocycles. The first-order valence-corrected chi connectivity index (χ1v) is 25.4. The predicted molar refractivity (Wildman–Crippen MR) is 282 cm³/mol. The van der Waals surface area contributed by atoms with E-state index in [2.05, 4.69) is 151 Å². The highest BCUT2D eigenvalue weighted by Gasteiger charge is 2.20. The third-order valence-electron chi connectivity index (χ3n) is 8.77. The van der Waals surface area contributed by atoms with E-state index in [-0.39, 0.29) is 45.0 Å². The summed E-state index contributed by atoms with van der Waals surface area (Å²) in [6.07, 6.45) is 9.64. The monoisotopic (exact) mass is 932 g/mol. The molecule has 0 aliphatic carbocycles. The van der Waals surface area contributed by atoms with E-state index >= 15 is 0 Å². The second-order valence-corrected chi connectivity index (χ2v) is 26.0. The Bertz CT molecular complexity index is 1090. The summed E-state index contributed by atoms with van der Waals surface area (Å²) in [7, 11) is 0. The summed E-state index contributed by atoms with van der Waals surface area (Å²) >= 11 is 0. The van der Waals surface area contributed by atoms with Gasteiger partial charge in [0.05, 0.1) is 37.6 Å². The van der Waals surface area contributed by atoms with Crippen molar-refractivity contribution in [1.82, 2.24) is 26.6 Å². The maximum absolute atomic E-state index is 11.7. The van der Waals surface area contributed by atoms with Gasteiger partial charge in [0.2, 0.25) is 11.8 Å². The van der Waals surface area contributed by atoms with Gasteiger partial charge in [0.15, 0.2) is 0 Å². The van der Waals surface area contributed by atoms with Crippen molar-refractivity contribution in [3.63, 3.8) is 0 Å². The van der Waals surface area contributed by atoms with Crippen molar-refractivity contribution < 1.29 is 28.5 Å². The Balaban J connectivity index is -0.000000402. The summed E-state index contributed by atoms with van der Waals surface area (Å²) in [6, 6.07) is 0. The van der Waals surface area contributed by atoms with Gasteiger partial charge in [0.25, 0.3) is 0 Å². The van der Waals surface area contributed by atoms with Gasteiger partial charge in [-0.25, -0.2) is 0 Å². The number of rotatable bonds is 25. The van der Waals surface area contributed by atoms with Crippen molar-refractivity contribution in [3.8, 4) is 0 Å². The summed E-state index contributed by atoms with van der Waals surface area (Å²) in [5.41, 5.74) is 1.11. The lowest BCUT2D eigenvalue weighted by Crippen LogP contribution is -2.39. The van der Waals surface area contributed by atoms with Gasteiger partial charge < -0.3 is 45.5 Å². The summed E-state index contributed by atoms with van der Waals surface area (Å²) in [6.45, 7) is 59.6. The summed E-state index contributed by atoms with van der Waals surface area (Å²) in [5, 5.41) is 16.1. The highest BCUT2D eigenvalue weighted by atomic mass is 16.5. The average Bonchev–Trinajstić information content (AvgIpc) is 3.07. The molecule has 0 aliphatic rings. The molecule has 0 rings (SSSR count). The fourth-order valence-corrected chi connectivity index (χ4v) is 5.17. The second-order valence-electron chi connectivity index (χ2n) is 26.0. The number of carbonyl (C=O) groups excluding carboxylic acids is 2. The molecule has 0 saturated carbocycles. The van der Waals surface area contributed by atoms with Gasteiger partial charge in [-0.2, -0.15) is 0 Å². The molecular formula is C54H117N5O6. The fourth-order valence-electron chi connectivity index (χ4n) is 5.17. The topological polar surface area (TPSA) is 131 Å². The van der Waals surface area contributed by atoms with Crippen LogP contribution in [0.2, 0.25) is 0 Å². The van der Waals surface area contributed by atoms with Crippen LogP contribution < -0.4 is 26.6 Å². The van der Waals surface area contributed by atoms with Gasteiger partial charge in [-0.1, -0.05) is 75.2 Å². The number of hydrogen-bond donors (Lipinski definition) is 5. The predicted octanol–water partition coefficient (Wildman–Crippen LogP) is 11.7. The van der Waals surface area contributed by atoms with Gasteiger partial charge in [-0.15, -0.1) is 0 Å². The molecule has 0 aliphatic heterocycles. The molecule has 0 heterocycles. The highest BCUT2D eigenvalue weighted by molar-refractivity contribution is 5.81. The first kappa shape index (κ1) is 70.2. The normalized spacial score (nSPS) is 12.9. The molecule has 65 heavy (non-hydrogen) atoms. The minimum Gasteiger partial charge on any atom is -0.379 e. The number of ether oxygens (including phenoxy) is 4. The van der Waals surface area contributed by atoms with Gasteiger partial charge in [-0.3, -0.25) is 9.59 Å². The zero-order valence-electron chi connectivity index (χ0n) is 48.1. The fraction of sp³-hybridized carbons (Fsp3) is 0.963. The SMILES string of the molecule is CC(C)(C)CCCCNC(=O)CCOCCOCCCNC(C)(C)C.CC(C)(C)CCCCNC(C)(C)C.CC(C)(C)NCCOC(C)(C)C.CC(C)(C)OCCCNC(=O)C(C)(C)C. The van der Waals surface area contributed by atoms with Crippen LogP contribution in [0.25, 0.3) is 0 Å². The lowest BCUT2D eigenvalue weighted by Gasteiger charge is -2.23. The minimum atomic E-state index is -0.301. The second kappa shape index (κ2) is 35.7. The van der Waals surface area contributed by atoms with Crippen LogP contribution in [0.4, 0.5) is 0 Å². The highest BCUT2D eigenvalue weighted by Crippen LogP contribution is 2.22. The first-order chi connectivity index (χ1) is 29.1. The molecule has 0 aromatic carbocycles. The van der Waals surface area contributed by atoms with E-state index in [9.17, 15) is 9.59 Å². The molecule has 0 aromatic rings. The Labute approximate surface area is 406 Å². The molecule has 11 heteroatoms. The Kier molecular flexibility index (Phi) is 38.6. The lowest BCUT2D eigenvalue weighted by atomic mass is 9.90. The molecule has 0 fully saturated rings. The standard InChI is InChI=1S/C20H42N2O3.C12H25NO2.C12H27N.C10H23NO/c1-19(2,3)11-7-8-12-21-18(23)10-15-25-17-16-24-14-9-13-22-20(4,5)6;1-11(2,3)10(14)13-8-7-9-15-12(4,5)6;1-11(2,3)9-7-8-10-13-12(4,5)6;1-9(2,3)11-7-8-12-10(4,5)6/h22H,7-17H2,1-6H3,(H,21,23);7-9H2,1-6H3,(H,13,14);13H,7-10H2,1-6H3;11H,7-8H2,1-6H3. The summed E-state index contributed by atoms with van der Waals surface area (Å²) in [4.78, 5) is 23.1. The molecule has 0 radical (unpaired) electrons. The maximum atomic E-state index is 11.7. The molecule has 394 valence electrons. The van der Waals surface area contributed by atoms with Crippen LogP contribution in [-0.2, 0) is 28.5 Å². The summed E-state index contributed by atoms with van der Waals surface area (Å²) < 4.78 is 22.1. The van der Waals surface area contributed by atoms with Crippen LogP contribution in [0.15, 0.2) is 0 Å². The molecule has 0 bridgehead atoms. The van der Waals surface area contributed by atoms with E-state index < -0.39 is 0 Å². The van der Waals surface area contributed by atoms with Crippen LogP contribution in [0.1, 0.15) is 224 Å². The number of amides is 2. The minimum absolute atomic E-state index is 0.0143. The number of hydrogen-bond acceptors (Lipinski definition) is 9.